The Hall–Kier alpha value is -2.57. The summed E-state index contributed by atoms with van der Waals surface area (Å²) in [5, 5.41) is 16.5. The van der Waals surface area contributed by atoms with Gasteiger partial charge in [-0.25, -0.2) is 4.98 Å². The van der Waals surface area contributed by atoms with E-state index in [1.165, 1.54) is 10.5 Å². The van der Waals surface area contributed by atoms with Crippen molar-refractivity contribution in [2.75, 3.05) is 36.4 Å². The van der Waals surface area contributed by atoms with Crippen LogP contribution in [-0.2, 0) is 6.54 Å². The molecule has 2 heterocycles. The first-order valence-electron chi connectivity index (χ1n) is 9.32. The molecule has 2 aromatic carbocycles. The highest BCUT2D eigenvalue weighted by molar-refractivity contribution is 7.13. The minimum absolute atomic E-state index is 0.368. The highest BCUT2D eigenvalue weighted by Crippen LogP contribution is 2.26. The molecule has 6 heteroatoms. The number of anilines is 3. The van der Waals surface area contributed by atoms with E-state index in [1.807, 2.05) is 18.2 Å². The number of phenols is 1. The lowest BCUT2D eigenvalue weighted by molar-refractivity contribution is -0.914. The smallest absolute Gasteiger partial charge is 0.187 e. The Bertz CT molecular complexity index is 885. The third kappa shape index (κ3) is 4.40. The van der Waals surface area contributed by atoms with E-state index in [1.54, 1.807) is 17.4 Å². The Morgan fingerprint density at radius 2 is 1.85 bits per heavy atom. The molecule has 0 bridgehead atoms. The van der Waals surface area contributed by atoms with Crippen LogP contribution in [0.1, 0.15) is 11.3 Å². The van der Waals surface area contributed by atoms with E-state index >= 15 is 0 Å². The lowest BCUT2D eigenvalue weighted by atomic mass is 10.2. The molecule has 140 valence electrons. The summed E-state index contributed by atoms with van der Waals surface area (Å²) in [6.07, 6.45) is 0. The zero-order valence-corrected chi connectivity index (χ0v) is 16.3. The number of piperazine rings is 1. The lowest BCUT2D eigenvalue weighted by Gasteiger charge is -2.33. The molecule has 1 fully saturated rings. The van der Waals surface area contributed by atoms with Crippen LogP contribution >= 0.6 is 11.3 Å². The number of phenolic OH excluding ortho intramolecular Hbond substituents is 1. The molecule has 1 aliphatic heterocycles. The third-order valence-electron chi connectivity index (χ3n) is 4.98. The summed E-state index contributed by atoms with van der Waals surface area (Å²) in [6, 6.07) is 16.0. The molecule has 3 aromatic rings. The first kappa shape index (κ1) is 17.8. The molecular weight excluding hydrogens is 356 g/mol. The predicted molar refractivity (Wildman–Crippen MR) is 111 cm³/mol. The van der Waals surface area contributed by atoms with E-state index in [2.05, 4.69) is 46.8 Å². The van der Waals surface area contributed by atoms with E-state index in [4.69, 9.17) is 4.98 Å². The van der Waals surface area contributed by atoms with Crippen molar-refractivity contribution < 1.29 is 10.0 Å². The topological polar surface area (TPSA) is 52.8 Å². The molecule has 0 saturated carbocycles. The number of nitrogens with zero attached hydrogens (tertiary/aromatic N) is 2. The zero-order valence-electron chi connectivity index (χ0n) is 15.5. The van der Waals surface area contributed by atoms with E-state index < -0.39 is 0 Å². The van der Waals surface area contributed by atoms with Crippen LogP contribution in [0.4, 0.5) is 16.5 Å². The monoisotopic (exact) mass is 381 g/mol. The first-order chi connectivity index (χ1) is 13.2. The van der Waals surface area contributed by atoms with Crippen LogP contribution in [0.25, 0.3) is 0 Å². The Morgan fingerprint density at radius 3 is 2.59 bits per heavy atom. The molecule has 3 N–H and O–H groups in total. The van der Waals surface area contributed by atoms with Crippen molar-refractivity contribution in [3.63, 3.8) is 0 Å². The van der Waals surface area contributed by atoms with Crippen molar-refractivity contribution >= 4 is 27.8 Å². The van der Waals surface area contributed by atoms with Gasteiger partial charge in [0.2, 0.25) is 0 Å². The molecule has 1 saturated heterocycles. The summed E-state index contributed by atoms with van der Waals surface area (Å²) in [6.45, 7) is 7.03. The standard InChI is InChI=1S/C21H24N4OS/c1-16-6-8-17(9-7-16)22-21-23-18(15-27-21)14-24-10-12-25(13-11-24)19-4-2-3-5-20(19)26/h2-9,15,26H,10-14H2,1H3,(H,22,23)/p+1. The van der Waals surface area contributed by atoms with E-state index in [0.29, 0.717) is 5.75 Å². The highest BCUT2D eigenvalue weighted by atomic mass is 32.1. The molecule has 1 aromatic heterocycles. The van der Waals surface area contributed by atoms with Crippen molar-refractivity contribution in [2.24, 2.45) is 0 Å². The number of nitrogens with one attached hydrogen (secondary N) is 2. The average Bonchev–Trinajstić information content (AvgIpc) is 3.12. The van der Waals surface area contributed by atoms with Gasteiger partial charge in [0, 0.05) is 11.1 Å². The first-order valence-corrected chi connectivity index (χ1v) is 10.2. The lowest BCUT2D eigenvalue weighted by Crippen LogP contribution is -3.13. The number of aromatic nitrogens is 1. The van der Waals surface area contributed by atoms with Crippen molar-refractivity contribution in [3.8, 4) is 5.75 Å². The molecule has 1 aliphatic rings. The molecule has 27 heavy (non-hydrogen) atoms. The summed E-state index contributed by atoms with van der Waals surface area (Å²) in [4.78, 5) is 8.55. The molecule has 4 rings (SSSR count). The number of benzene rings is 2. The van der Waals surface area contributed by atoms with Crippen molar-refractivity contribution in [2.45, 2.75) is 13.5 Å². The molecular formula is C21H25N4OS+. The molecule has 0 atom stereocenters. The number of aromatic hydroxyl groups is 1. The summed E-state index contributed by atoms with van der Waals surface area (Å²) < 4.78 is 0. The number of rotatable bonds is 5. The Balaban J connectivity index is 1.31. The predicted octanol–water partition coefficient (Wildman–Crippen LogP) is 2.81. The number of aryl methyl sites for hydroxylation is 1. The summed E-state index contributed by atoms with van der Waals surface area (Å²) in [7, 11) is 0. The van der Waals surface area contributed by atoms with Gasteiger partial charge in [-0.1, -0.05) is 29.8 Å². The molecule has 0 amide bonds. The van der Waals surface area contributed by atoms with Gasteiger partial charge in [0.1, 0.15) is 18.0 Å². The van der Waals surface area contributed by atoms with Crippen LogP contribution in [0.5, 0.6) is 5.75 Å². The molecule has 0 unspecified atom stereocenters. The van der Waals surface area contributed by atoms with Gasteiger partial charge in [-0.05, 0) is 31.2 Å². The van der Waals surface area contributed by atoms with Crippen LogP contribution in [0, 0.1) is 6.92 Å². The van der Waals surface area contributed by atoms with Gasteiger partial charge < -0.3 is 20.2 Å². The second kappa shape index (κ2) is 7.98. The SMILES string of the molecule is Cc1ccc(Nc2nc(C[NH+]3CCN(c4ccccc4O)CC3)cs2)cc1. The maximum atomic E-state index is 10.0. The fraction of sp³-hybridized carbons (Fsp3) is 0.286. The number of para-hydroxylation sites is 2. The summed E-state index contributed by atoms with van der Waals surface area (Å²) in [5.74, 6) is 0.368. The van der Waals surface area contributed by atoms with E-state index in [-0.39, 0.29) is 0 Å². The average molecular weight is 382 g/mol. The molecule has 0 aliphatic carbocycles. The van der Waals surface area contributed by atoms with Crippen molar-refractivity contribution in [3.05, 3.63) is 65.2 Å². The molecule has 5 nitrogen and oxygen atoms in total. The quantitative estimate of drug-likeness (QED) is 0.636. The number of thiazole rings is 1. The third-order valence-corrected chi connectivity index (χ3v) is 5.79. The number of hydrogen-bond acceptors (Lipinski definition) is 5. The summed E-state index contributed by atoms with van der Waals surface area (Å²) in [5.41, 5.74) is 4.41. The Morgan fingerprint density at radius 1 is 1.11 bits per heavy atom. The van der Waals surface area contributed by atoms with Crippen LogP contribution in [-0.4, -0.2) is 36.3 Å². The van der Waals surface area contributed by atoms with Crippen LogP contribution in [0.2, 0.25) is 0 Å². The highest BCUT2D eigenvalue weighted by Gasteiger charge is 2.22. The fourth-order valence-electron chi connectivity index (χ4n) is 3.43. The Kier molecular flexibility index (Phi) is 5.27. The fourth-order valence-corrected chi connectivity index (χ4v) is 4.16. The minimum Gasteiger partial charge on any atom is -0.506 e. The zero-order chi connectivity index (χ0) is 18.6. The second-order valence-corrected chi connectivity index (χ2v) is 7.90. The van der Waals surface area contributed by atoms with Gasteiger partial charge in [0.25, 0.3) is 0 Å². The van der Waals surface area contributed by atoms with Gasteiger partial charge in [-0.2, -0.15) is 0 Å². The summed E-state index contributed by atoms with van der Waals surface area (Å²) >= 11 is 1.66. The Labute approximate surface area is 163 Å². The van der Waals surface area contributed by atoms with Gasteiger partial charge >= 0.3 is 0 Å². The second-order valence-electron chi connectivity index (χ2n) is 7.04. The van der Waals surface area contributed by atoms with Crippen molar-refractivity contribution in [1.82, 2.24) is 4.98 Å². The van der Waals surface area contributed by atoms with E-state index in [9.17, 15) is 5.11 Å². The molecule has 0 spiro atoms. The molecule has 0 radical (unpaired) electrons. The van der Waals surface area contributed by atoms with Crippen molar-refractivity contribution in [1.29, 1.82) is 0 Å². The number of quaternary nitrogens is 1. The number of hydrogen-bond donors (Lipinski definition) is 3. The van der Waals surface area contributed by atoms with Crippen LogP contribution in [0.3, 0.4) is 0 Å². The van der Waals surface area contributed by atoms with Crippen LogP contribution in [0.15, 0.2) is 53.9 Å². The maximum Gasteiger partial charge on any atom is 0.187 e. The normalized spacial score (nSPS) is 15.1. The maximum absolute atomic E-state index is 10.0. The largest absolute Gasteiger partial charge is 0.506 e. The van der Waals surface area contributed by atoms with Gasteiger partial charge in [-0.15, -0.1) is 11.3 Å². The van der Waals surface area contributed by atoms with Gasteiger partial charge in [0.15, 0.2) is 5.13 Å². The van der Waals surface area contributed by atoms with E-state index in [0.717, 1.165) is 54.9 Å². The van der Waals surface area contributed by atoms with Gasteiger partial charge in [-0.3, -0.25) is 0 Å². The van der Waals surface area contributed by atoms with Crippen LogP contribution < -0.4 is 15.1 Å². The minimum atomic E-state index is 0.368. The van der Waals surface area contributed by atoms with Gasteiger partial charge in [0.05, 0.1) is 31.9 Å².